The summed E-state index contributed by atoms with van der Waals surface area (Å²) >= 11 is 1.08. The number of nitrogens with zero attached hydrogens (tertiary/aromatic N) is 1. The van der Waals surface area contributed by atoms with Gasteiger partial charge < -0.3 is 14.3 Å². The minimum atomic E-state index is -1.09. The molecule has 0 aliphatic carbocycles. The maximum Gasteiger partial charge on any atom is 0.257 e. The van der Waals surface area contributed by atoms with Crippen molar-refractivity contribution < 1.29 is 14.3 Å². The van der Waals surface area contributed by atoms with Crippen LogP contribution in [0.1, 0.15) is 13.3 Å². The predicted octanol–water partition coefficient (Wildman–Crippen LogP) is 1.45. The molecular weight excluding hydrogens is 226 g/mol. The van der Waals surface area contributed by atoms with Gasteiger partial charge in [0.2, 0.25) is 0 Å². The third kappa shape index (κ3) is 2.19. The number of hydrogen-bond acceptors (Lipinski definition) is 5. The van der Waals surface area contributed by atoms with Crippen LogP contribution in [-0.2, 0) is 4.79 Å². The van der Waals surface area contributed by atoms with E-state index < -0.39 is 11.2 Å². The van der Waals surface area contributed by atoms with Crippen LogP contribution in [0.15, 0.2) is 33.9 Å². The molecule has 0 saturated carbocycles. The van der Waals surface area contributed by atoms with Gasteiger partial charge in [0.15, 0.2) is 5.58 Å². The number of carbonyl (C=O) groups excluding carboxylic acids is 1. The number of benzene rings is 1. The average Bonchev–Trinajstić information content (AvgIpc) is 2.67. The molecule has 4 nitrogen and oxygen atoms in total. The number of carbonyl (C=O) groups is 1. The highest BCUT2D eigenvalue weighted by molar-refractivity contribution is 8.00. The van der Waals surface area contributed by atoms with Crippen LogP contribution in [0.3, 0.4) is 0 Å². The van der Waals surface area contributed by atoms with Gasteiger partial charge in [-0.2, -0.15) is 0 Å². The van der Waals surface area contributed by atoms with Crippen molar-refractivity contribution in [1.29, 1.82) is 0 Å². The number of thioether (sulfide) groups is 1. The summed E-state index contributed by atoms with van der Waals surface area (Å²) in [5, 5.41) is 10.5. The molecule has 0 amide bonds. The summed E-state index contributed by atoms with van der Waals surface area (Å²) in [4.78, 5) is 14.9. The van der Waals surface area contributed by atoms with Gasteiger partial charge in [-0.1, -0.05) is 30.8 Å². The van der Waals surface area contributed by atoms with Gasteiger partial charge in [0.1, 0.15) is 5.52 Å². The van der Waals surface area contributed by atoms with Crippen LogP contribution in [0.4, 0.5) is 0 Å². The molecule has 0 aliphatic heterocycles. The van der Waals surface area contributed by atoms with Gasteiger partial charge in [-0.25, -0.2) is 4.98 Å². The van der Waals surface area contributed by atoms with E-state index in [1.54, 1.807) is 13.0 Å². The van der Waals surface area contributed by atoms with Crippen molar-refractivity contribution in [2.75, 3.05) is 0 Å². The van der Waals surface area contributed by atoms with Gasteiger partial charge in [-0.3, -0.25) is 0 Å². The number of carboxylic acid groups (broad SMARTS) is 1. The number of rotatable bonds is 4. The van der Waals surface area contributed by atoms with E-state index in [1.165, 1.54) is 0 Å². The number of carboxylic acids is 1. The largest absolute Gasteiger partial charge is 0.549 e. The molecule has 1 atom stereocenters. The van der Waals surface area contributed by atoms with Crippen molar-refractivity contribution in [3.05, 3.63) is 24.3 Å². The van der Waals surface area contributed by atoms with Crippen molar-refractivity contribution in [1.82, 2.24) is 4.98 Å². The van der Waals surface area contributed by atoms with Crippen LogP contribution in [-0.4, -0.2) is 16.2 Å². The lowest BCUT2D eigenvalue weighted by molar-refractivity contribution is -0.304. The Morgan fingerprint density at radius 1 is 1.56 bits per heavy atom. The fourth-order valence-electron chi connectivity index (χ4n) is 1.32. The predicted molar refractivity (Wildman–Crippen MR) is 59.0 cm³/mol. The fourth-order valence-corrected chi connectivity index (χ4v) is 2.12. The second-order valence-corrected chi connectivity index (χ2v) is 4.44. The Kier molecular flexibility index (Phi) is 3.14. The molecule has 0 fully saturated rings. The van der Waals surface area contributed by atoms with E-state index in [1.807, 2.05) is 18.2 Å². The molecule has 0 unspecified atom stereocenters. The zero-order valence-corrected chi connectivity index (χ0v) is 9.49. The topological polar surface area (TPSA) is 66.2 Å². The Balaban J connectivity index is 2.24. The van der Waals surface area contributed by atoms with Gasteiger partial charge in [-0.05, 0) is 18.6 Å². The number of hydrogen-bond donors (Lipinski definition) is 0. The monoisotopic (exact) mass is 236 g/mol. The maximum atomic E-state index is 10.7. The molecule has 1 aromatic carbocycles. The van der Waals surface area contributed by atoms with Crippen molar-refractivity contribution in [2.24, 2.45) is 0 Å². The van der Waals surface area contributed by atoms with Crippen LogP contribution < -0.4 is 5.11 Å². The Bertz CT molecular complexity index is 476. The normalized spacial score (nSPS) is 12.8. The number of aliphatic carboxylic acids is 1. The first kappa shape index (κ1) is 11.0. The number of oxazole rings is 1. The van der Waals surface area contributed by atoms with Gasteiger partial charge >= 0.3 is 0 Å². The highest BCUT2D eigenvalue weighted by Crippen LogP contribution is 2.27. The molecule has 5 heteroatoms. The molecule has 0 aliphatic rings. The molecule has 0 spiro atoms. The SMILES string of the molecule is CC[C@@H](Sc1nc2ccccc2o1)C(=O)[O-]. The van der Waals surface area contributed by atoms with Crippen molar-refractivity contribution in [3.63, 3.8) is 0 Å². The molecule has 2 aromatic rings. The van der Waals surface area contributed by atoms with Crippen LogP contribution in [0, 0.1) is 0 Å². The zero-order chi connectivity index (χ0) is 11.5. The van der Waals surface area contributed by atoms with Gasteiger partial charge in [0, 0.05) is 0 Å². The van der Waals surface area contributed by atoms with E-state index in [2.05, 4.69) is 4.98 Å². The lowest BCUT2D eigenvalue weighted by Gasteiger charge is -2.11. The van der Waals surface area contributed by atoms with Gasteiger partial charge in [-0.15, -0.1) is 0 Å². The Morgan fingerprint density at radius 3 is 2.94 bits per heavy atom. The first-order chi connectivity index (χ1) is 7.70. The molecule has 0 bridgehead atoms. The standard InChI is InChI=1S/C11H11NO3S/c1-2-9(10(13)14)16-11-12-7-5-3-4-6-8(7)15-11/h3-6,9H,2H2,1H3,(H,13,14)/p-1/t9-/m1/s1. The molecule has 2 rings (SSSR count). The minimum Gasteiger partial charge on any atom is -0.549 e. The first-order valence-corrected chi connectivity index (χ1v) is 5.81. The molecule has 16 heavy (non-hydrogen) atoms. The Morgan fingerprint density at radius 2 is 2.31 bits per heavy atom. The number of aromatic nitrogens is 1. The highest BCUT2D eigenvalue weighted by Gasteiger charge is 2.14. The second-order valence-electron chi connectivity index (χ2n) is 3.28. The molecule has 0 saturated heterocycles. The average molecular weight is 236 g/mol. The lowest BCUT2D eigenvalue weighted by atomic mass is 10.3. The zero-order valence-electron chi connectivity index (χ0n) is 8.67. The van der Waals surface area contributed by atoms with E-state index in [-0.39, 0.29) is 0 Å². The fraction of sp³-hybridized carbons (Fsp3) is 0.273. The third-order valence-corrected chi connectivity index (χ3v) is 3.34. The lowest BCUT2D eigenvalue weighted by Crippen LogP contribution is -2.32. The smallest absolute Gasteiger partial charge is 0.257 e. The number of fused-ring (bicyclic) bond motifs is 1. The Labute approximate surface area is 96.7 Å². The summed E-state index contributed by atoms with van der Waals surface area (Å²) in [5.74, 6) is -1.09. The van der Waals surface area contributed by atoms with Crippen LogP contribution >= 0.6 is 11.8 Å². The molecule has 1 heterocycles. The summed E-state index contributed by atoms with van der Waals surface area (Å²) in [5.41, 5.74) is 1.40. The molecule has 1 aromatic heterocycles. The third-order valence-electron chi connectivity index (χ3n) is 2.15. The van der Waals surface area contributed by atoms with Gasteiger partial charge in [0.25, 0.3) is 5.22 Å². The maximum absolute atomic E-state index is 10.7. The minimum absolute atomic E-state index is 0.372. The molecular formula is C11H10NO3S-. The number of para-hydroxylation sites is 2. The summed E-state index contributed by atoms with van der Waals surface area (Å²) in [6.07, 6.45) is 0.478. The van der Waals surface area contributed by atoms with Gasteiger partial charge in [0.05, 0.1) is 11.2 Å². The van der Waals surface area contributed by atoms with Crippen molar-refractivity contribution in [2.45, 2.75) is 23.8 Å². The Hall–Kier alpha value is -1.49. The van der Waals surface area contributed by atoms with E-state index in [4.69, 9.17) is 4.42 Å². The first-order valence-electron chi connectivity index (χ1n) is 4.93. The van der Waals surface area contributed by atoms with Crippen molar-refractivity contribution in [3.8, 4) is 0 Å². The van der Waals surface area contributed by atoms with Crippen LogP contribution in [0.25, 0.3) is 11.1 Å². The summed E-state index contributed by atoms with van der Waals surface area (Å²) in [7, 11) is 0. The van der Waals surface area contributed by atoms with E-state index in [0.29, 0.717) is 17.2 Å². The quantitative estimate of drug-likeness (QED) is 0.752. The van der Waals surface area contributed by atoms with E-state index >= 15 is 0 Å². The molecule has 0 radical (unpaired) electrons. The van der Waals surface area contributed by atoms with Crippen LogP contribution in [0.5, 0.6) is 0 Å². The molecule has 0 N–H and O–H groups in total. The highest BCUT2D eigenvalue weighted by atomic mass is 32.2. The van der Waals surface area contributed by atoms with E-state index in [9.17, 15) is 9.90 Å². The summed E-state index contributed by atoms with van der Waals surface area (Å²) in [6, 6.07) is 7.32. The summed E-state index contributed by atoms with van der Waals surface area (Å²) < 4.78 is 5.41. The second kappa shape index (κ2) is 4.57. The van der Waals surface area contributed by atoms with Crippen molar-refractivity contribution >= 4 is 28.8 Å². The van der Waals surface area contributed by atoms with Crippen LogP contribution in [0.2, 0.25) is 0 Å². The van der Waals surface area contributed by atoms with E-state index in [0.717, 1.165) is 17.3 Å². The summed E-state index contributed by atoms with van der Waals surface area (Å²) in [6.45, 7) is 1.79. The molecule has 84 valence electrons.